The number of piperidine rings is 1. The van der Waals surface area contributed by atoms with Gasteiger partial charge in [0.1, 0.15) is 5.60 Å². The number of amides is 2. The molecule has 3 atom stereocenters. The second kappa shape index (κ2) is 7.33. The number of carbonyl (C=O) groups excluding carboxylic acids is 2. The number of rotatable bonds is 5. The van der Waals surface area contributed by atoms with E-state index in [4.69, 9.17) is 14.9 Å². The molecule has 0 aromatic heterocycles. The first-order chi connectivity index (χ1) is 13.7. The Labute approximate surface area is 170 Å². The van der Waals surface area contributed by atoms with Crippen molar-refractivity contribution in [3.63, 3.8) is 0 Å². The molecule has 3 aliphatic rings. The number of ether oxygens (including phenoxy) is 2. The monoisotopic (exact) mass is 400 g/mol. The van der Waals surface area contributed by atoms with E-state index in [0.717, 1.165) is 11.3 Å². The molecule has 1 aromatic rings. The number of anilines is 1. The Bertz CT molecular complexity index is 818. The zero-order valence-corrected chi connectivity index (χ0v) is 17.0. The third-order valence-corrected chi connectivity index (χ3v) is 5.61. The summed E-state index contributed by atoms with van der Waals surface area (Å²) in [6.45, 7) is 8.07. The van der Waals surface area contributed by atoms with Crippen LogP contribution in [0.25, 0.3) is 0 Å². The minimum atomic E-state index is -0.503. The van der Waals surface area contributed by atoms with E-state index < -0.39 is 5.60 Å². The fourth-order valence-corrected chi connectivity index (χ4v) is 3.94. The zero-order valence-electron chi connectivity index (χ0n) is 17.0. The van der Waals surface area contributed by atoms with Crippen LogP contribution in [0.5, 0.6) is 0 Å². The molecule has 156 valence electrons. The molecule has 1 unspecified atom stereocenters. The summed E-state index contributed by atoms with van der Waals surface area (Å²) in [5.41, 5.74) is 1.57. The number of hydrogen-bond acceptors (Lipinski definition) is 6. The molecule has 2 saturated heterocycles. The Morgan fingerprint density at radius 3 is 2.48 bits per heavy atom. The van der Waals surface area contributed by atoms with Gasteiger partial charge in [0.2, 0.25) is 0 Å². The Hall–Kier alpha value is -2.61. The van der Waals surface area contributed by atoms with Crippen LogP contribution in [0.2, 0.25) is 0 Å². The molecule has 1 aliphatic carbocycles. The molecule has 0 bridgehead atoms. The quantitative estimate of drug-likeness (QED) is 0.657. The molecule has 29 heavy (non-hydrogen) atoms. The lowest BCUT2D eigenvalue weighted by atomic mass is 10.1. The fourth-order valence-electron chi connectivity index (χ4n) is 3.94. The van der Waals surface area contributed by atoms with Gasteiger partial charge in [-0.1, -0.05) is 6.07 Å². The highest BCUT2D eigenvalue weighted by Crippen LogP contribution is 2.46. The molecule has 0 radical (unpaired) electrons. The lowest BCUT2D eigenvalue weighted by Crippen LogP contribution is -2.41. The first-order valence-electron chi connectivity index (χ1n) is 10.0. The SMILES string of the molecule is CC(C)(C)OC(=O)N1C[C@@H]2C(NC(=O)c3ccc(C=N)c(NC4COC4)c3)[C@@H]2C1. The number of benzene rings is 1. The van der Waals surface area contributed by atoms with Crippen LogP contribution >= 0.6 is 0 Å². The average molecular weight is 400 g/mol. The maximum atomic E-state index is 12.7. The summed E-state index contributed by atoms with van der Waals surface area (Å²) in [4.78, 5) is 26.6. The van der Waals surface area contributed by atoms with Gasteiger partial charge in [0.05, 0.1) is 19.3 Å². The second-order valence-electron chi connectivity index (χ2n) is 9.04. The smallest absolute Gasteiger partial charge is 0.410 e. The average Bonchev–Trinajstić information content (AvgIpc) is 3.05. The lowest BCUT2D eigenvalue weighted by molar-refractivity contribution is 0.0211. The maximum absolute atomic E-state index is 12.7. The summed E-state index contributed by atoms with van der Waals surface area (Å²) in [6.07, 6.45) is 0.993. The summed E-state index contributed by atoms with van der Waals surface area (Å²) >= 11 is 0. The predicted octanol–water partition coefficient (Wildman–Crippen LogP) is 2.09. The first kappa shape index (κ1) is 19.7. The predicted molar refractivity (Wildman–Crippen MR) is 109 cm³/mol. The van der Waals surface area contributed by atoms with E-state index >= 15 is 0 Å². The molecular formula is C21H28N4O4. The Morgan fingerprint density at radius 2 is 1.93 bits per heavy atom. The molecule has 2 heterocycles. The molecular weight excluding hydrogens is 372 g/mol. The van der Waals surface area contributed by atoms with E-state index in [2.05, 4.69) is 10.6 Å². The highest BCUT2D eigenvalue weighted by Gasteiger charge is 2.58. The maximum Gasteiger partial charge on any atom is 0.410 e. The molecule has 3 N–H and O–H groups in total. The molecule has 2 amide bonds. The van der Waals surface area contributed by atoms with Crippen LogP contribution in [0.3, 0.4) is 0 Å². The van der Waals surface area contributed by atoms with Crippen LogP contribution in [0.15, 0.2) is 18.2 Å². The van der Waals surface area contributed by atoms with E-state index in [9.17, 15) is 9.59 Å². The van der Waals surface area contributed by atoms with Crippen molar-refractivity contribution in [2.75, 3.05) is 31.6 Å². The number of nitrogens with zero attached hydrogens (tertiary/aromatic N) is 1. The van der Waals surface area contributed by atoms with Crippen molar-refractivity contribution in [3.05, 3.63) is 29.3 Å². The van der Waals surface area contributed by atoms with Gasteiger partial charge in [0, 0.05) is 54.0 Å². The Kier molecular flexibility index (Phi) is 4.98. The minimum absolute atomic E-state index is 0.0973. The molecule has 3 fully saturated rings. The molecule has 8 heteroatoms. The Balaban J connectivity index is 1.33. The van der Waals surface area contributed by atoms with Gasteiger partial charge in [-0.25, -0.2) is 4.79 Å². The van der Waals surface area contributed by atoms with E-state index in [1.165, 1.54) is 6.21 Å². The van der Waals surface area contributed by atoms with Crippen molar-refractivity contribution in [1.29, 1.82) is 5.41 Å². The fraction of sp³-hybridized carbons (Fsp3) is 0.571. The van der Waals surface area contributed by atoms with Crippen molar-refractivity contribution >= 4 is 23.9 Å². The summed E-state index contributed by atoms with van der Waals surface area (Å²) < 4.78 is 10.6. The summed E-state index contributed by atoms with van der Waals surface area (Å²) in [7, 11) is 0. The summed E-state index contributed by atoms with van der Waals surface area (Å²) in [6, 6.07) is 5.62. The van der Waals surface area contributed by atoms with Gasteiger partial charge >= 0.3 is 6.09 Å². The third-order valence-electron chi connectivity index (χ3n) is 5.61. The zero-order chi connectivity index (χ0) is 20.8. The van der Waals surface area contributed by atoms with E-state index in [1.54, 1.807) is 23.1 Å². The number of nitrogens with one attached hydrogen (secondary N) is 3. The molecule has 1 saturated carbocycles. The summed E-state index contributed by atoms with van der Waals surface area (Å²) in [5, 5.41) is 14.0. The van der Waals surface area contributed by atoms with Crippen LogP contribution in [-0.4, -0.2) is 67.1 Å². The van der Waals surface area contributed by atoms with Crippen LogP contribution in [0, 0.1) is 17.2 Å². The van der Waals surface area contributed by atoms with E-state index in [0.29, 0.717) is 31.9 Å². The van der Waals surface area contributed by atoms with E-state index in [1.807, 2.05) is 20.8 Å². The molecule has 2 aliphatic heterocycles. The first-order valence-corrected chi connectivity index (χ1v) is 10.0. The van der Waals surface area contributed by atoms with Crippen molar-refractivity contribution in [2.45, 2.75) is 38.5 Å². The molecule has 8 nitrogen and oxygen atoms in total. The normalized spacial score (nSPS) is 25.6. The number of likely N-dealkylation sites (tertiary alicyclic amines) is 1. The largest absolute Gasteiger partial charge is 0.444 e. The van der Waals surface area contributed by atoms with Crippen LogP contribution in [0.4, 0.5) is 10.5 Å². The Morgan fingerprint density at radius 1 is 1.24 bits per heavy atom. The van der Waals surface area contributed by atoms with Crippen LogP contribution in [0.1, 0.15) is 36.7 Å². The van der Waals surface area contributed by atoms with Crippen LogP contribution in [-0.2, 0) is 9.47 Å². The minimum Gasteiger partial charge on any atom is -0.444 e. The van der Waals surface area contributed by atoms with Crippen molar-refractivity contribution in [3.8, 4) is 0 Å². The van der Waals surface area contributed by atoms with Gasteiger partial charge in [-0.15, -0.1) is 0 Å². The van der Waals surface area contributed by atoms with Crippen molar-refractivity contribution in [1.82, 2.24) is 10.2 Å². The van der Waals surface area contributed by atoms with Gasteiger partial charge in [-0.2, -0.15) is 0 Å². The standard InChI is InChI=1S/C21H28N4O4/c1-21(2,3)29-20(27)25-8-15-16(9-25)18(15)24-19(26)12-4-5-13(7-22)17(6-12)23-14-10-28-11-14/h4-7,14-16,18,22-23H,8-11H2,1-3H3,(H,24,26)/t15-,16+,18?. The highest BCUT2D eigenvalue weighted by atomic mass is 16.6. The topological polar surface area (TPSA) is 104 Å². The van der Waals surface area contributed by atoms with Crippen molar-refractivity contribution in [2.24, 2.45) is 11.8 Å². The molecule has 1 aromatic carbocycles. The molecule has 0 spiro atoms. The van der Waals surface area contributed by atoms with Crippen LogP contribution < -0.4 is 10.6 Å². The van der Waals surface area contributed by atoms with Gasteiger partial charge in [-0.05, 0) is 32.9 Å². The summed E-state index contributed by atoms with van der Waals surface area (Å²) in [5.74, 6) is 0.451. The number of fused-ring (bicyclic) bond motifs is 1. The van der Waals surface area contributed by atoms with Gasteiger partial charge < -0.3 is 30.4 Å². The lowest BCUT2D eigenvalue weighted by Gasteiger charge is -2.28. The van der Waals surface area contributed by atoms with Gasteiger partial charge in [-0.3, -0.25) is 4.79 Å². The van der Waals surface area contributed by atoms with Gasteiger partial charge in [0.25, 0.3) is 5.91 Å². The number of carbonyl (C=O) groups is 2. The third kappa shape index (κ3) is 4.22. The highest BCUT2D eigenvalue weighted by molar-refractivity contribution is 5.98. The van der Waals surface area contributed by atoms with E-state index in [-0.39, 0.29) is 35.9 Å². The van der Waals surface area contributed by atoms with Gasteiger partial charge in [0.15, 0.2) is 0 Å². The number of hydrogen-bond donors (Lipinski definition) is 3. The van der Waals surface area contributed by atoms with Crippen molar-refractivity contribution < 1.29 is 19.1 Å². The second-order valence-corrected chi connectivity index (χ2v) is 9.04. The molecule has 4 rings (SSSR count).